The molecule has 7 nitrogen and oxygen atoms in total. The number of carbonyl (C=O) groups is 1. The number of halogens is 4. The normalized spacial score (nSPS) is 13.2. The number of ether oxygens (including phenoxy) is 2. The summed E-state index contributed by atoms with van der Waals surface area (Å²) in [5.74, 6) is 0.244. The molecular formula is C27H26F4N4O3. The summed E-state index contributed by atoms with van der Waals surface area (Å²) in [5.41, 5.74) is -0.478. The first-order chi connectivity index (χ1) is 18.2. The van der Waals surface area contributed by atoms with Crippen LogP contribution in [0.15, 0.2) is 53.5 Å². The number of carbonyl (C=O) groups excluding carboxylic acids is 1. The van der Waals surface area contributed by atoms with Crippen molar-refractivity contribution in [3.63, 3.8) is 0 Å². The van der Waals surface area contributed by atoms with Crippen molar-refractivity contribution in [3.8, 4) is 22.8 Å². The van der Waals surface area contributed by atoms with E-state index >= 15 is 0 Å². The smallest absolute Gasteiger partial charge is 0.417 e. The molecule has 0 aliphatic carbocycles. The van der Waals surface area contributed by atoms with Gasteiger partial charge in [0.1, 0.15) is 23.0 Å². The topological polar surface area (TPSA) is 84.8 Å². The van der Waals surface area contributed by atoms with Crippen LogP contribution in [0.25, 0.3) is 11.3 Å². The van der Waals surface area contributed by atoms with Crippen LogP contribution in [0.3, 0.4) is 0 Å². The Labute approximate surface area is 216 Å². The summed E-state index contributed by atoms with van der Waals surface area (Å²) in [6.07, 6.45) is -3.14. The summed E-state index contributed by atoms with van der Waals surface area (Å²) in [6.45, 7) is 1.02. The van der Waals surface area contributed by atoms with E-state index in [4.69, 9.17) is 9.47 Å². The molecule has 0 atom stereocenters. The molecule has 0 saturated carbocycles. The lowest BCUT2D eigenvalue weighted by atomic mass is 10.0. The Morgan fingerprint density at radius 3 is 2.32 bits per heavy atom. The maximum atomic E-state index is 13.7. The van der Waals surface area contributed by atoms with Gasteiger partial charge in [0.05, 0.1) is 31.3 Å². The Morgan fingerprint density at radius 2 is 1.68 bits per heavy atom. The Balaban J connectivity index is 1.66. The zero-order chi connectivity index (χ0) is 27.3. The molecule has 1 aliphatic heterocycles. The zero-order valence-corrected chi connectivity index (χ0v) is 20.8. The largest absolute Gasteiger partial charge is 0.497 e. The molecule has 2 N–H and O–H groups in total. The minimum atomic E-state index is -4.82. The highest BCUT2D eigenvalue weighted by molar-refractivity contribution is 5.93. The molecule has 0 saturated heterocycles. The number of amidine groups is 1. The van der Waals surface area contributed by atoms with Crippen LogP contribution < -0.4 is 20.1 Å². The average Bonchev–Trinajstić information content (AvgIpc) is 3.43. The number of aliphatic imine (C=N–C) groups is 1. The summed E-state index contributed by atoms with van der Waals surface area (Å²) in [5, 5.41) is 5.90. The molecule has 0 radical (unpaired) electrons. The first-order valence-electron chi connectivity index (χ1n) is 11.8. The first kappa shape index (κ1) is 26.9. The minimum Gasteiger partial charge on any atom is -0.497 e. The first-order valence-corrected chi connectivity index (χ1v) is 11.8. The molecule has 1 aromatic heterocycles. The molecule has 2 heterocycles. The SMILES string of the molecule is COc1cc(CNC(=O)c2cc(CNC3=NCCC3)cc(-c3ccc(F)cc3C(F)(F)F)n2)cc(OC)c1. The molecule has 11 heteroatoms. The summed E-state index contributed by atoms with van der Waals surface area (Å²) in [7, 11) is 3.01. The molecule has 4 rings (SSSR count). The lowest BCUT2D eigenvalue weighted by molar-refractivity contribution is -0.137. The maximum absolute atomic E-state index is 13.7. The average molecular weight is 531 g/mol. The van der Waals surface area contributed by atoms with E-state index in [9.17, 15) is 22.4 Å². The molecule has 38 heavy (non-hydrogen) atoms. The Hall–Kier alpha value is -4.15. The van der Waals surface area contributed by atoms with Gasteiger partial charge in [-0.3, -0.25) is 9.79 Å². The monoisotopic (exact) mass is 530 g/mol. The minimum absolute atomic E-state index is 0.0834. The van der Waals surface area contributed by atoms with Crippen LogP contribution >= 0.6 is 0 Å². The van der Waals surface area contributed by atoms with E-state index in [2.05, 4.69) is 20.6 Å². The number of aromatic nitrogens is 1. The molecule has 0 unspecified atom stereocenters. The number of nitrogens with one attached hydrogen (secondary N) is 2. The van der Waals surface area contributed by atoms with Crippen LogP contribution in [-0.2, 0) is 19.3 Å². The van der Waals surface area contributed by atoms with Crippen molar-refractivity contribution >= 4 is 11.7 Å². The third kappa shape index (κ3) is 6.58. The molecular weight excluding hydrogens is 504 g/mol. The highest BCUT2D eigenvalue weighted by Crippen LogP contribution is 2.37. The van der Waals surface area contributed by atoms with Crippen molar-refractivity contribution in [2.45, 2.75) is 32.1 Å². The van der Waals surface area contributed by atoms with Crippen molar-refractivity contribution < 1.29 is 31.8 Å². The second-order valence-electron chi connectivity index (χ2n) is 8.62. The summed E-state index contributed by atoms with van der Waals surface area (Å²) < 4.78 is 65.4. The lowest BCUT2D eigenvalue weighted by Gasteiger charge is -2.15. The molecule has 0 fully saturated rings. The van der Waals surface area contributed by atoms with E-state index in [0.717, 1.165) is 30.8 Å². The third-order valence-electron chi connectivity index (χ3n) is 5.92. The van der Waals surface area contributed by atoms with Crippen LogP contribution in [0.4, 0.5) is 17.6 Å². The van der Waals surface area contributed by atoms with Crippen molar-refractivity contribution in [1.29, 1.82) is 0 Å². The van der Waals surface area contributed by atoms with Gasteiger partial charge < -0.3 is 20.1 Å². The highest BCUT2D eigenvalue weighted by Gasteiger charge is 2.34. The number of rotatable bonds is 8. The number of methoxy groups -OCH3 is 2. The number of benzene rings is 2. The van der Waals surface area contributed by atoms with Gasteiger partial charge in [-0.25, -0.2) is 9.37 Å². The molecule has 0 bridgehead atoms. The number of nitrogens with zero attached hydrogens (tertiary/aromatic N) is 2. The molecule has 2 aromatic carbocycles. The van der Waals surface area contributed by atoms with Crippen molar-refractivity contribution in [2.75, 3.05) is 20.8 Å². The zero-order valence-electron chi connectivity index (χ0n) is 20.8. The number of hydrogen-bond acceptors (Lipinski definition) is 6. The van der Waals surface area contributed by atoms with E-state index < -0.39 is 23.5 Å². The van der Waals surface area contributed by atoms with E-state index in [1.165, 1.54) is 26.4 Å². The maximum Gasteiger partial charge on any atom is 0.417 e. The molecule has 1 aliphatic rings. The Morgan fingerprint density at radius 1 is 0.974 bits per heavy atom. The van der Waals surface area contributed by atoms with Crippen LogP contribution in [0.1, 0.15) is 40.0 Å². The van der Waals surface area contributed by atoms with Gasteiger partial charge in [-0.05, 0) is 60.0 Å². The van der Waals surface area contributed by atoms with Crippen LogP contribution in [0.2, 0.25) is 0 Å². The molecule has 1 amide bonds. The fourth-order valence-electron chi connectivity index (χ4n) is 4.05. The second-order valence-corrected chi connectivity index (χ2v) is 8.62. The quantitative estimate of drug-likeness (QED) is 0.394. The molecule has 200 valence electrons. The van der Waals surface area contributed by atoms with Gasteiger partial charge >= 0.3 is 6.18 Å². The predicted molar refractivity (Wildman–Crippen MR) is 134 cm³/mol. The van der Waals surface area contributed by atoms with E-state index in [-0.39, 0.29) is 30.0 Å². The summed E-state index contributed by atoms with van der Waals surface area (Å²) >= 11 is 0. The van der Waals surface area contributed by atoms with Gasteiger partial charge in [-0.2, -0.15) is 13.2 Å². The Kier molecular flexibility index (Phi) is 8.13. The van der Waals surface area contributed by atoms with Gasteiger partial charge in [0.25, 0.3) is 5.91 Å². The highest BCUT2D eigenvalue weighted by atomic mass is 19.4. The van der Waals surface area contributed by atoms with Crippen molar-refractivity contribution in [1.82, 2.24) is 15.6 Å². The Bertz CT molecular complexity index is 1340. The van der Waals surface area contributed by atoms with Crippen molar-refractivity contribution in [3.05, 3.63) is 76.7 Å². The van der Waals surface area contributed by atoms with Gasteiger partial charge in [0, 0.05) is 37.7 Å². The molecule has 3 aromatic rings. The fraction of sp³-hybridized carbons (Fsp3) is 0.296. The number of amides is 1. The fourth-order valence-corrected chi connectivity index (χ4v) is 4.05. The predicted octanol–water partition coefficient (Wildman–Crippen LogP) is 5.14. The number of hydrogen-bond donors (Lipinski definition) is 2. The summed E-state index contributed by atoms with van der Waals surface area (Å²) in [4.78, 5) is 21.7. The lowest BCUT2D eigenvalue weighted by Crippen LogP contribution is -2.25. The van der Waals surface area contributed by atoms with Gasteiger partial charge in [0.2, 0.25) is 0 Å². The van der Waals surface area contributed by atoms with E-state index in [1.807, 2.05) is 0 Å². The van der Waals surface area contributed by atoms with Gasteiger partial charge in [0.15, 0.2) is 0 Å². The number of pyridine rings is 1. The van der Waals surface area contributed by atoms with Crippen molar-refractivity contribution in [2.24, 2.45) is 4.99 Å². The van der Waals surface area contributed by atoms with E-state index in [0.29, 0.717) is 35.2 Å². The third-order valence-corrected chi connectivity index (χ3v) is 5.92. The van der Waals surface area contributed by atoms with Crippen LogP contribution in [0.5, 0.6) is 11.5 Å². The second kappa shape index (κ2) is 11.5. The number of alkyl halides is 3. The standard InChI is InChI=1S/C27H26F4N4O3/c1-37-19-8-16(9-20(13-19)38-2)15-34-26(36)24-11-17(14-33-25-4-3-7-32-25)10-23(35-24)21-6-5-18(28)12-22(21)27(29,30)31/h5-6,8-13H,3-4,7,14-15H2,1-2H3,(H,32,33)(H,34,36). The summed E-state index contributed by atoms with van der Waals surface area (Å²) in [6, 6.07) is 10.5. The van der Waals surface area contributed by atoms with Gasteiger partial charge in [-0.1, -0.05) is 0 Å². The van der Waals surface area contributed by atoms with E-state index in [1.54, 1.807) is 18.2 Å². The van der Waals surface area contributed by atoms with Crippen LogP contribution in [-0.4, -0.2) is 37.5 Å². The van der Waals surface area contributed by atoms with Gasteiger partial charge in [-0.15, -0.1) is 0 Å². The molecule has 0 spiro atoms. The van der Waals surface area contributed by atoms with Crippen LogP contribution in [0, 0.1) is 5.82 Å².